The van der Waals surface area contributed by atoms with Crippen LogP contribution in [-0.4, -0.2) is 43.6 Å². The Labute approximate surface area is 102 Å². The number of carbonyl (C=O) groups is 1. The Kier molecular flexibility index (Phi) is 4.78. The van der Waals surface area contributed by atoms with E-state index in [0.717, 1.165) is 11.3 Å². The Morgan fingerprint density at radius 1 is 1.53 bits per heavy atom. The van der Waals surface area contributed by atoms with Gasteiger partial charge in [0.15, 0.2) is 0 Å². The molecule has 0 unspecified atom stereocenters. The van der Waals surface area contributed by atoms with E-state index in [-0.39, 0.29) is 22.6 Å². The van der Waals surface area contributed by atoms with Crippen LogP contribution < -0.4 is 11.1 Å². The molecule has 0 radical (unpaired) electrons. The SMILES string of the molecule is CCOC(=O)CNCS(=O)(=O)c1nnc(N)s1. The molecule has 0 fully saturated rings. The average Bonchev–Trinajstić information content (AvgIpc) is 2.65. The van der Waals surface area contributed by atoms with E-state index >= 15 is 0 Å². The molecular weight excluding hydrogens is 268 g/mol. The van der Waals surface area contributed by atoms with E-state index in [1.807, 2.05) is 0 Å². The monoisotopic (exact) mass is 280 g/mol. The van der Waals surface area contributed by atoms with Crippen LogP contribution in [0.5, 0.6) is 0 Å². The lowest BCUT2D eigenvalue weighted by molar-refractivity contribution is -0.141. The normalized spacial score (nSPS) is 11.4. The molecule has 17 heavy (non-hydrogen) atoms. The van der Waals surface area contributed by atoms with Crippen LogP contribution in [0.15, 0.2) is 4.34 Å². The van der Waals surface area contributed by atoms with Crippen LogP contribution in [0.25, 0.3) is 0 Å². The van der Waals surface area contributed by atoms with E-state index in [4.69, 9.17) is 5.73 Å². The number of anilines is 1. The lowest BCUT2D eigenvalue weighted by Crippen LogP contribution is -2.29. The van der Waals surface area contributed by atoms with Crippen LogP contribution in [0.3, 0.4) is 0 Å². The summed E-state index contributed by atoms with van der Waals surface area (Å²) < 4.78 is 27.7. The summed E-state index contributed by atoms with van der Waals surface area (Å²) in [6.45, 7) is 1.74. The van der Waals surface area contributed by atoms with Gasteiger partial charge >= 0.3 is 5.97 Å². The molecule has 3 N–H and O–H groups in total. The maximum absolute atomic E-state index is 11.6. The van der Waals surface area contributed by atoms with Crippen LogP contribution in [0, 0.1) is 0 Å². The lowest BCUT2D eigenvalue weighted by atomic mass is 10.6. The number of carbonyl (C=O) groups excluding carboxylic acids is 1. The third-order valence-corrected chi connectivity index (χ3v) is 4.31. The zero-order valence-electron chi connectivity index (χ0n) is 9.04. The summed E-state index contributed by atoms with van der Waals surface area (Å²) in [6.07, 6.45) is 0. The summed E-state index contributed by atoms with van der Waals surface area (Å²) in [6, 6.07) is 0. The Balaban J connectivity index is 2.49. The number of rotatable bonds is 6. The molecule has 0 atom stereocenters. The van der Waals surface area contributed by atoms with Crippen molar-refractivity contribution in [2.24, 2.45) is 0 Å². The van der Waals surface area contributed by atoms with E-state index in [1.54, 1.807) is 6.92 Å². The summed E-state index contributed by atoms with van der Waals surface area (Å²) in [7, 11) is -3.60. The molecule has 0 aliphatic carbocycles. The number of aromatic nitrogens is 2. The second kappa shape index (κ2) is 5.89. The topological polar surface area (TPSA) is 124 Å². The van der Waals surface area contributed by atoms with E-state index in [9.17, 15) is 13.2 Å². The van der Waals surface area contributed by atoms with E-state index < -0.39 is 21.7 Å². The molecule has 0 bridgehead atoms. The fraction of sp³-hybridized carbons (Fsp3) is 0.571. The number of nitrogens with zero attached hydrogens (tertiary/aromatic N) is 2. The van der Waals surface area contributed by atoms with Crippen LogP contribution in [0.2, 0.25) is 0 Å². The van der Waals surface area contributed by atoms with Gasteiger partial charge in [-0.2, -0.15) is 0 Å². The first kappa shape index (κ1) is 13.8. The average molecular weight is 280 g/mol. The number of hydrogen-bond donors (Lipinski definition) is 2. The van der Waals surface area contributed by atoms with Crippen LogP contribution in [0.4, 0.5) is 5.13 Å². The Hall–Kier alpha value is -1.26. The first-order valence-corrected chi connectivity index (χ1v) is 7.10. The highest BCUT2D eigenvalue weighted by molar-refractivity contribution is 7.93. The van der Waals surface area contributed by atoms with Gasteiger partial charge in [-0.3, -0.25) is 10.1 Å². The zero-order chi connectivity index (χ0) is 12.9. The fourth-order valence-corrected chi connectivity index (χ4v) is 2.85. The predicted molar refractivity (Wildman–Crippen MR) is 61.0 cm³/mol. The molecule has 1 rings (SSSR count). The standard InChI is InChI=1S/C7H12N4O4S2/c1-2-15-5(12)3-9-4-17(13,14)7-11-10-6(8)16-7/h9H,2-4H2,1H3,(H2,8,10). The highest BCUT2D eigenvalue weighted by atomic mass is 32.2. The van der Waals surface area contributed by atoms with Gasteiger partial charge in [0.05, 0.1) is 13.2 Å². The van der Waals surface area contributed by atoms with Crippen molar-refractivity contribution in [3.8, 4) is 0 Å². The highest BCUT2D eigenvalue weighted by Gasteiger charge is 2.19. The molecule has 1 aromatic heterocycles. The third-order valence-electron chi connectivity index (χ3n) is 1.55. The van der Waals surface area contributed by atoms with Gasteiger partial charge in [0.2, 0.25) is 19.3 Å². The number of hydrogen-bond acceptors (Lipinski definition) is 9. The molecule has 8 nitrogen and oxygen atoms in total. The van der Waals surface area contributed by atoms with Gasteiger partial charge in [0, 0.05) is 0 Å². The van der Waals surface area contributed by atoms with E-state index in [2.05, 4.69) is 20.3 Å². The Morgan fingerprint density at radius 3 is 2.76 bits per heavy atom. The van der Waals surface area contributed by atoms with Crippen molar-refractivity contribution in [1.29, 1.82) is 0 Å². The van der Waals surface area contributed by atoms with Gasteiger partial charge in [0.25, 0.3) is 0 Å². The quantitative estimate of drug-likeness (QED) is 0.636. The summed E-state index contributed by atoms with van der Waals surface area (Å²) in [5, 5.41) is 9.36. The minimum absolute atomic E-state index is 0.0777. The maximum atomic E-state index is 11.6. The number of sulfone groups is 1. The van der Waals surface area contributed by atoms with Crippen molar-refractivity contribution >= 4 is 32.3 Å². The second-order valence-corrected chi connectivity index (χ2v) is 6.07. The molecule has 0 saturated carbocycles. The van der Waals surface area contributed by atoms with Gasteiger partial charge in [-0.25, -0.2) is 8.42 Å². The Bertz CT molecular complexity index is 484. The summed E-state index contributed by atoms with van der Waals surface area (Å²) >= 11 is 0.775. The second-order valence-electron chi connectivity index (χ2n) is 2.90. The molecule has 0 saturated heterocycles. The molecule has 0 aliphatic heterocycles. The first-order chi connectivity index (χ1) is 7.95. The number of ether oxygens (including phenoxy) is 1. The van der Waals surface area contributed by atoms with Gasteiger partial charge < -0.3 is 10.5 Å². The van der Waals surface area contributed by atoms with Crippen molar-refractivity contribution in [1.82, 2.24) is 15.5 Å². The molecule has 1 heterocycles. The zero-order valence-corrected chi connectivity index (χ0v) is 10.7. The lowest BCUT2D eigenvalue weighted by Gasteiger charge is -2.03. The van der Waals surface area contributed by atoms with Crippen molar-refractivity contribution in [2.45, 2.75) is 11.3 Å². The summed E-state index contributed by atoms with van der Waals surface area (Å²) in [5.74, 6) is -0.931. The number of esters is 1. The third kappa shape index (κ3) is 4.24. The number of nitrogen functional groups attached to an aromatic ring is 1. The minimum Gasteiger partial charge on any atom is -0.465 e. The number of nitrogens with one attached hydrogen (secondary N) is 1. The first-order valence-electron chi connectivity index (χ1n) is 4.63. The van der Waals surface area contributed by atoms with Crippen LogP contribution in [-0.2, 0) is 19.4 Å². The largest absolute Gasteiger partial charge is 0.465 e. The van der Waals surface area contributed by atoms with Crippen LogP contribution >= 0.6 is 11.3 Å². The van der Waals surface area contributed by atoms with Gasteiger partial charge in [0.1, 0.15) is 5.88 Å². The van der Waals surface area contributed by atoms with E-state index in [1.165, 1.54) is 0 Å². The maximum Gasteiger partial charge on any atom is 0.319 e. The molecule has 0 aliphatic rings. The fourth-order valence-electron chi connectivity index (χ4n) is 0.907. The Morgan fingerprint density at radius 2 is 2.24 bits per heavy atom. The van der Waals surface area contributed by atoms with Gasteiger partial charge in [-0.1, -0.05) is 11.3 Å². The summed E-state index contributed by atoms with van der Waals surface area (Å²) in [5.41, 5.74) is 5.28. The smallest absolute Gasteiger partial charge is 0.319 e. The predicted octanol–water partition coefficient (Wildman–Crippen LogP) is -0.996. The molecule has 96 valence electrons. The molecule has 10 heteroatoms. The minimum atomic E-state index is -3.60. The van der Waals surface area contributed by atoms with Crippen molar-refractivity contribution in [2.75, 3.05) is 24.8 Å². The molecule has 0 amide bonds. The van der Waals surface area contributed by atoms with E-state index in [0.29, 0.717) is 0 Å². The van der Waals surface area contributed by atoms with Crippen molar-refractivity contribution in [3.63, 3.8) is 0 Å². The van der Waals surface area contributed by atoms with Gasteiger partial charge in [-0.15, -0.1) is 10.2 Å². The summed E-state index contributed by atoms with van der Waals surface area (Å²) in [4.78, 5) is 10.9. The van der Waals surface area contributed by atoms with Crippen molar-refractivity contribution < 1.29 is 17.9 Å². The van der Waals surface area contributed by atoms with Gasteiger partial charge in [-0.05, 0) is 6.92 Å². The molecule has 1 aromatic rings. The van der Waals surface area contributed by atoms with Crippen LogP contribution in [0.1, 0.15) is 6.92 Å². The molecule has 0 spiro atoms. The molecular formula is C7H12N4O4S2. The highest BCUT2D eigenvalue weighted by Crippen LogP contribution is 2.17. The molecule has 0 aromatic carbocycles. The number of nitrogens with two attached hydrogens (primary N) is 1. The van der Waals surface area contributed by atoms with Crippen molar-refractivity contribution in [3.05, 3.63) is 0 Å².